The molecule has 4 rings (SSSR count). The van der Waals surface area contributed by atoms with Crippen LogP contribution in [0.2, 0.25) is 0 Å². The van der Waals surface area contributed by atoms with Crippen LogP contribution in [0.15, 0.2) is 60.7 Å². The number of nitrogens with one attached hydrogen (secondary N) is 2. The Morgan fingerprint density at radius 2 is 1.74 bits per heavy atom. The summed E-state index contributed by atoms with van der Waals surface area (Å²) >= 11 is 0. The van der Waals surface area contributed by atoms with Gasteiger partial charge in [0.15, 0.2) is 17.2 Å². The Hall–Kier alpha value is -3.61. The molecule has 0 spiro atoms. The molecule has 1 aliphatic rings. The fraction of sp³-hybridized carbons (Fsp3) is 0.150. The van der Waals surface area contributed by atoms with Gasteiger partial charge in [-0.05, 0) is 29.8 Å². The summed E-state index contributed by atoms with van der Waals surface area (Å²) < 4.78 is 11.0. The molecule has 7 heteroatoms. The van der Waals surface area contributed by atoms with E-state index in [4.69, 9.17) is 9.47 Å². The molecule has 27 heavy (non-hydrogen) atoms. The lowest BCUT2D eigenvalue weighted by atomic mass is 10.2. The Labute approximate surface area is 156 Å². The van der Waals surface area contributed by atoms with Crippen LogP contribution in [0.4, 0.5) is 11.5 Å². The van der Waals surface area contributed by atoms with Crippen molar-refractivity contribution in [2.24, 2.45) is 0 Å². The smallest absolute Gasteiger partial charge is 0.276 e. The summed E-state index contributed by atoms with van der Waals surface area (Å²) in [6.45, 7) is 1.66. The molecule has 0 bridgehead atoms. The second-order valence-corrected chi connectivity index (χ2v) is 5.96. The minimum Gasteiger partial charge on any atom is -0.486 e. The van der Waals surface area contributed by atoms with Crippen LogP contribution in [0, 0.1) is 0 Å². The number of fused-ring (bicyclic) bond motifs is 1. The maximum absolute atomic E-state index is 12.4. The summed E-state index contributed by atoms with van der Waals surface area (Å²) in [5.41, 5.74) is 1.98. The fourth-order valence-electron chi connectivity index (χ4n) is 2.65. The maximum atomic E-state index is 12.4. The average Bonchev–Trinajstić information content (AvgIpc) is 2.73. The molecule has 1 aliphatic heterocycles. The number of carbonyl (C=O) groups is 1. The molecule has 136 valence electrons. The summed E-state index contributed by atoms with van der Waals surface area (Å²) in [6.07, 6.45) is 0. The summed E-state index contributed by atoms with van der Waals surface area (Å²) in [6, 6.07) is 18.6. The minimum absolute atomic E-state index is 0.232. The minimum atomic E-state index is -0.339. The van der Waals surface area contributed by atoms with Crippen LogP contribution in [0.5, 0.6) is 11.5 Å². The first-order valence-corrected chi connectivity index (χ1v) is 8.60. The molecule has 7 nitrogen and oxygen atoms in total. The quantitative estimate of drug-likeness (QED) is 0.725. The number of aromatic nitrogens is 2. The third-order valence-corrected chi connectivity index (χ3v) is 4.01. The lowest BCUT2D eigenvalue weighted by molar-refractivity contribution is 0.102. The van der Waals surface area contributed by atoms with E-state index in [1.54, 1.807) is 30.3 Å². The van der Waals surface area contributed by atoms with Gasteiger partial charge in [0.05, 0.1) is 0 Å². The van der Waals surface area contributed by atoms with E-state index >= 15 is 0 Å². The van der Waals surface area contributed by atoms with Crippen LogP contribution in [0.1, 0.15) is 16.1 Å². The van der Waals surface area contributed by atoms with Crippen LogP contribution in [0.3, 0.4) is 0 Å². The van der Waals surface area contributed by atoms with Gasteiger partial charge in [-0.2, -0.15) is 0 Å². The Bertz CT molecular complexity index is 930. The summed E-state index contributed by atoms with van der Waals surface area (Å²) in [5, 5.41) is 14.0. The molecule has 0 saturated carbocycles. The Kier molecular flexibility index (Phi) is 4.82. The normalized spacial score (nSPS) is 12.3. The number of anilines is 2. The number of hydrogen-bond donors (Lipinski definition) is 2. The highest BCUT2D eigenvalue weighted by Crippen LogP contribution is 2.32. The van der Waals surface area contributed by atoms with Crippen molar-refractivity contribution >= 4 is 17.4 Å². The van der Waals surface area contributed by atoms with Crippen molar-refractivity contribution in [3.63, 3.8) is 0 Å². The van der Waals surface area contributed by atoms with E-state index in [1.165, 1.54) is 0 Å². The predicted molar refractivity (Wildman–Crippen MR) is 101 cm³/mol. The first kappa shape index (κ1) is 16.8. The van der Waals surface area contributed by atoms with Crippen LogP contribution < -0.4 is 20.1 Å². The molecule has 1 amide bonds. The summed E-state index contributed by atoms with van der Waals surface area (Å²) in [5.74, 6) is 1.56. The second kappa shape index (κ2) is 7.74. The fourth-order valence-corrected chi connectivity index (χ4v) is 2.65. The molecule has 3 aromatic rings. The van der Waals surface area contributed by atoms with Crippen LogP contribution in [-0.2, 0) is 6.54 Å². The van der Waals surface area contributed by atoms with E-state index in [1.807, 2.05) is 30.3 Å². The van der Waals surface area contributed by atoms with E-state index in [2.05, 4.69) is 20.8 Å². The topological polar surface area (TPSA) is 85.4 Å². The van der Waals surface area contributed by atoms with Gasteiger partial charge in [-0.25, -0.2) is 0 Å². The molecule has 0 unspecified atom stereocenters. The van der Waals surface area contributed by atoms with E-state index in [0.717, 1.165) is 5.56 Å². The highest BCUT2D eigenvalue weighted by molar-refractivity contribution is 6.02. The molecule has 0 saturated heterocycles. The number of hydrogen-bond acceptors (Lipinski definition) is 6. The van der Waals surface area contributed by atoms with Gasteiger partial charge in [0.25, 0.3) is 5.91 Å². The van der Waals surface area contributed by atoms with E-state index in [0.29, 0.717) is 42.8 Å². The lowest BCUT2D eigenvalue weighted by Gasteiger charge is -2.18. The zero-order chi connectivity index (χ0) is 18.5. The molecule has 0 radical (unpaired) electrons. The molecular weight excluding hydrogens is 344 g/mol. The van der Waals surface area contributed by atoms with Gasteiger partial charge in [-0.1, -0.05) is 30.3 Å². The summed E-state index contributed by atoms with van der Waals surface area (Å²) in [7, 11) is 0. The lowest BCUT2D eigenvalue weighted by Crippen LogP contribution is -2.17. The first-order chi connectivity index (χ1) is 13.3. The number of amides is 1. The standard InChI is InChI=1S/C20H18N4O3/c25-20(22-15-6-8-17-18(12-15)27-11-10-26-17)16-7-9-19(24-23-16)21-13-14-4-2-1-3-5-14/h1-9,12H,10-11,13H2,(H,21,24)(H,22,25). The zero-order valence-electron chi connectivity index (χ0n) is 14.5. The van der Waals surface area contributed by atoms with Gasteiger partial charge in [0, 0.05) is 18.3 Å². The van der Waals surface area contributed by atoms with Crippen molar-refractivity contribution in [3.8, 4) is 11.5 Å². The van der Waals surface area contributed by atoms with Crippen molar-refractivity contribution in [2.75, 3.05) is 23.8 Å². The highest BCUT2D eigenvalue weighted by Gasteiger charge is 2.14. The average molecular weight is 362 g/mol. The van der Waals surface area contributed by atoms with Gasteiger partial charge >= 0.3 is 0 Å². The monoisotopic (exact) mass is 362 g/mol. The molecule has 2 aromatic carbocycles. The van der Waals surface area contributed by atoms with Crippen LogP contribution >= 0.6 is 0 Å². The molecule has 0 atom stereocenters. The second-order valence-electron chi connectivity index (χ2n) is 5.96. The molecule has 1 aromatic heterocycles. The Morgan fingerprint density at radius 1 is 0.926 bits per heavy atom. The summed E-state index contributed by atoms with van der Waals surface area (Å²) in [4.78, 5) is 12.4. The van der Waals surface area contributed by atoms with Crippen molar-refractivity contribution < 1.29 is 14.3 Å². The highest BCUT2D eigenvalue weighted by atomic mass is 16.6. The van der Waals surface area contributed by atoms with Gasteiger partial charge in [0.1, 0.15) is 19.0 Å². The molecule has 0 fully saturated rings. The Balaban J connectivity index is 1.37. The van der Waals surface area contributed by atoms with Gasteiger partial charge < -0.3 is 20.1 Å². The largest absolute Gasteiger partial charge is 0.486 e. The van der Waals surface area contributed by atoms with Gasteiger partial charge in [0.2, 0.25) is 0 Å². The maximum Gasteiger partial charge on any atom is 0.276 e. The van der Waals surface area contributed by atoms with Crippen LogP contribution in [-0.4, -0.2) is 29.3 Å². The van der Waals surface area contributed by atoms with Crippen molar-refractivity contribution in [1.29, 1.82) is 0 Å². The van der Waals surface area contributed by atoms with Gasteiger partial charge in [-0.15, -0.1) is 10.2 Å². The number of rotatable bonds is 5. The van der Waals surface area contributed by atoms with Crippen molar-refractivity contribution in [1.82, 2.24) is 10.2 Å². The number of nitrogens with zero attached hydrogens (tertiary/aromatic N) is 2. The Morgan fingerprint density at radius 3 is 2.52 bits per heavy atom. The molecule has 2 N–H and O–H groups in total. The van der Waals surface area contributed by atoms with Crippen molar-refractivity contribution in [3.05, 3.63) is 71.9 Å². The molecule has 2 heterocycles. The first-order valence-electron chi connectivity index (χ1n) is 8.60. The van der Waals surface area contributed by atoms with E-state index < -0.39 is 0 Å². The van der Waals surface area contributed by atoms with Crippen molar-refractivity contribution in [2.45, 2.75) is 6.54 Å². The molecule has 0 aliphatic carbocycles. The molecular formula is C20H18N4O3. The third-order valence-electron chi connectivity index (χ3n) is 4.01. The number of ether oxygens (including phenoxy) is 2. The zero-order valence-corrected chi connectivity index (χ0v) is 14.5. The predicted octanol–water partition coefficient (Wildman–Crippen LogP) is 3.11. The SMILES string of the molecule is O=C(Nc1ccc2c(c1)OCCO2)c1ccc(NCc2ccccc2)nn1. The van der Waals surface area contributed by atoms with Crippen LogP contribution in [0.25, 0.3) is 0 Å². The number of carbonyl (C=O) groups excluding carboxylic acids is 1. The third kappa shape index (κ3) is 4.14. The van der Waals surface area contributed by atoms with Gasteiger partial charge in [-0.3, -0.25) is 4.79 Å². The van der Waals surface area contributed by atoms with E-state index in [9.17, 15) is 4.79 Å². The number of benzene rings is 2. The van der Waals surface area contributed by atoms with E-state index in [-0.39, 0.29) is 11.6 Å².